The second-order valence-electron chi connectivity index (χ2n) is 4.75. The Kier molecular flexibility index (Phi) is 3.28. The van der Waals surface area contributed by atoms with E-state index in [9.17, 15) is 0 Å². The Bertz CT molecular complexity index is 367. The number of aliphatic hydroxyl groups is 1. The first-order chi connectivity index (χ1) is 7.66. The minimum Gasteiger partial charge on any atom is -0.392 e. The van der Waals surface area contributed by atoms with Crippen LogP contribution >= 0.6 is 0 Å². The third kappa shape index (κ3) is 1.98. The van der Waals surface area contributed by atoms with E-state index in [0.717, 1.165) is 30.4 Å². The monoisotopic (exact) mass is 220 g/mol. The molecule has 3 heteroatoms. The summed E-state index contributed by atoms with van der Waals surface area (Å²) in [6, 6.07) is 7.86. The molecule has 1 saturated carbocycles. The van der Waals surface area contributed by atoms with Crippen LogP contribution < -0.4 is 11.5 Å². The zero-order valence-electron chi connectivity index (χ0n) is 9.52. The average Bonchev–Trinajstić information content (AvgIpc) is 2.33. The number of hydrogen-bond donors (Lipinski definition) is 3. The molecule has 1 fully saturated rings. The molecule has 0 aliphatic heterocycles. The van der Waals surface area contributed by atoms with Crippen molar-refractivity contribution < 1.29 is 5.11 Å². The molecule has 16 heavy (non-hydrogen) atoms. The van der Waals surface area contributed by atoms with E-state index < -0.39 is 5.54 Å². The van der Waals surface area contributed by atoms with Crippen molar-refractivity contribution in [3.8, 4) is 0 Å². The SMILES string of the molecule is NC1CCCCC1(N)c1cccc(CO)c1. The summed E-state index contributed by atoms with van der Waals surface area (Å²) < 4.78 is 0. The van der Waals surface area contributed by atoms with Crippen molar-refractivity contribution in [2.75, 3.05) is 0 Å². The van der Waals surface area contributed by atoms with Crippen LogP contribution in [-0.2, 0) is 12.1 Å². The van der Waals surface area contributed by atoms with Crippen LogP contribution in [0.5, 0.6) is 0 Å². The highest BCUT2D eigenvalue weighted by Gasteiger charge is 2.36. The van der Waals surface area contributed by atoms with Crippen LogP contribution in [0.1, 0.15) is 36.8 Å². The molecular weight excluding hydrogens is 200 g/mol. The van der Waals surface area contributed by atoms with Crippen molar-refractivity contribution in [2.45, 2.75) is 43.9 Å². The van der Waals surface area contributed by atoms with Gasteiger partial charge in [-0.05, 0) is 24.0 Å². The van der Waals surface area contributed by atoms with E-state index in [1.54, 1.807) is 0 Å². The molecule has 0 spiro atoms. The Labute approximate surface area is 96.5 Å². The molecule has 1 aromatic carbocycles. The highest BCUT2D eigenvalue weighted by atomic mass is 16.3. The molecule has 2 rings (SSSR count). The van der Waals surface area contributed by atoms with Gasteiger partial charge in [-0.1, -0.05) is 37.1 Å². The zero-order valence-corrected chi connectivity index (χ0v) is 9.52. The zero-order chi connectivity index (χ0) is 11.6. The van der Waals surface area contributed by atoms with Crippen LogP contribution in [0.15, 0.2) is 24.3 Å². The van der Waals surface area contributed by atoms with E-state index in [0.29, 0.717) is 0 Å². The van der Waals surface area contributed by atoms with Crippen LogP contribution in [0.2, 0.25) is 0 Å². The van der Waals surface area contributed by atoms with Crippen molar-refractivity contribution in [3.63, 3.8) is 0 Å². The van der Waals surface area contributed by atoms with E-state index >= 15 is 0 Å². The fourth-order valence-electron chi connectivity index (χ4n) is 2.54. The Hall–Kier alpha value is -0.900. The fourth-order valence-corrected chi connectivity index (χ4v) is 2.54. The van der Waals surface area contributed by atoms with Gasteiger partial charge in [0.25, 0.3) is 0 Å². The maximum atomic E-state index is 9.14. The summed E-state index contributed by atoms with van der Waals surface area (Å²) in [7, 11) is 0. The maximum absolute atomic E-state index is 9.14. The van der Waals surface area contributed by atoms with Gasteiger partial charge in [0.05, 0.1) is 12.1 Å². The summed E-state index contributed by atoms with van der Waals surface area (Å²) in [5, 5.41) is 9.14. The molecule has 0 amide bonds. The number of hydrogen-bond acceptors (Lipinski definition) is 3. The van der Waals surface area contributed by atoms with Gasteiger partial charge in [-0.3, -0.25) is 0 Å². The van der Waals surface area contributed by atoms with Gasteiger partial charge in [0.2, 0.25) is 0 Å². The summed E-state index contributed by atoms with van der Waals surface area (Å²) >= 11 is 0. The van der Waals surface area contributed by atoms with Crippen molar-refractivity contribution in [1.29, 1.82) is 0 Å². The predicted octanol–water partition coefficient (Wildman–Crippen LogP) is 1.23. The molecule has 0 heterocycles. The topological polar surface area (TPSA) is 72.3 Å². The van der Waals surface area contributed by atoms with Crippen LogP contribution in [0.4, 0.5) is 0 Å². The van der Waals surface area contributed by atoms with Crippen LogP contribution in [0.25, 0.3) is 0 Å². The summed E-state index contributed by atoms with van der Waals surface area (Å²) in [6.45, 7) is 0.0547. The minimum atomic E-state index is -0.413. The number of nitrogens with two attached hydrogens (primary N) is 2. The molecule has 88 valence electrons. The summed E-state index contributed by atoms with van der Waals surface area (Å²) in [5.74, 6) is 0. The molecule has 1 aliphatic carbocycles. The lowest BCUT2D eigenvalue weighted by molar-refractivity contribution is 0.254. The Morgan fingerprint density at radius 1 is 1.38 bits per heavy atom. The Balaban J connectivity index is 2.33. The van der Waals surface area contributed by atoms with Gasteiger partial charge < -0.3 is 16.6 Å². The molecule has 0 saturated heterocycles. The highest BCUT2D eigenvalue weighted by molar-refractivity contribution is 5.31. The number of rotatable bonds is 2. The van der Waals surface area contributed by atoms with Gasteiger partial charge in [-0.25, -0.2) is 0 Å². The first-order valence-electron chi connectivity index (χ1n) is 5.91. The molecule has 3 nitrogen and oxygen atoms in total. The third-order valence-electron chi connectivity index (χ3n) is 3.66. The third-order valence-corrected chi connectivity index (χ3v) is 3.66. The summed E-state index contributed by atoms with van der Waals surface area (Å²) in [5.41, 5.74) is 14.1. The number of aliphatic hydroxyl groups excluding tert-OH is 1. The highest BCUT2D eigenvalue weighted by Crippen LogP contribution is 2.34. The van der Waals surface area contributed by atoms with Crippen molar-refractivity contribution in [3.05, 3.63) is 35.4 Å². The molecule has 5 N–H and O–H groups in total. The molecule has 0 bridgehead atoms. The molecule has 0 aromatic heterocycles. The predicted molar refractivity (Wildman–Crippen MR) is 64.7 cm³/mol. The van der Waals surface area contributed by atoms with Crippen molar-refractivity contribution in [2.24, 2.45) is 11.5 Å². The average molecular weight is 220 g/mol. The number of benzene rings is 1. The molecular formula is C13H20N2O. The lowest BCUT2D eigenvalue weighted by Gasteiger charge is -2.39. The molecule has 1 aromatic rings. The van der Waals surface area contributed by atoms with Crippen molar-refractivity contribution >= 4 is 0 Å². The molecule has 2 atom stereocenters. The summed E-state index contributed by atoms with van der Waals surface area (Å²) in [6.07, 6.45) is 4.22. The van der Waals surface area contributed by atoms with Crippen LogP contribution in [0, 0.1) is 0 Å². The summed E-state index contributed by atoms with van der Waals surface area (Å²) in [4.78, 5) is 0. The van der Waals surface area contributed by atoms with E-state index in [2.05, 4.69) is 0 Å². The quantitative estimate of drug-likeness (QED) is 0.702. The van der Waals surface area contributed by atoms with Gasteiger partial charge in [-0.15, -0.1) is 0 Å². The molecule has 2 unspecified atom stereocenters. The van der Waals surface area contributed by atoms with E-state index in [-0.39, 0.29) is 12.6 Å². The second-order valence-corrected chi connectivity index (χ2v) is 4.75. The lowest BCUT2D eigenvalue weighted by Crippen LogP contribution is -2.54. The van der Waals surface area contributed by atoms with E-state index in [4.69, 9.17) is 16.6 Å². The van der Waals surface area contributed by atoms with Gasteiger partial charge in [-0.2, -0.15) is 0 Å². The minimum absolute atomic E-state index is 0.0233. The Morgan fingerprint density at radius 3 is 2.88 bits per heavy atom. The normalized spacial score (nSPS) is 30.3. The standard InChI is InChI=1S/C13H20N2O/c14-12-6-1-2-7-13(12,15)11-5-3-4-10(8-11)9-16/h3-5,8,12,16H,1-2,6-7,9,14-15H2. The second kappa shape index (κ2) is 4.53. The first-order valence-corrected chi connectivity index (χ1v) is 5.91. The van der Waals surface area contributed by atoms with E-state index in [1.165, 1.54) is 6.42 Å². The van der Waals surface area contributed by atoms with Gasteiger partial charge >= 0.3 is 0 Å². The van der Waals surface area contributed by atoms with Gasteiger partial charge in [0.15, 0.2) is 0 Å². The lowest BCUT2D eigenvalue weighted by atomic mass is 9.74. The first kappa shape index (κ1) is 11.6. The fraction of sp³-hybridized carbons (Fsp3) is 0.538. The Morgan fingerprint density at radius 2 is 2.19 bits per heavy atom. The maximum Gasteiger partial charge on any atom is 0.0681 e. The molecule has 0 radical (unpaired) electrons. The van der Waals surface area contributed by atoms with Gasteiger partial charge in [0.1, 0.15) is 0 Å². The largest absolute Gasteiger partial charge is 0.392 e. The van der Waals surface area contributed by atoms with Gasteiger partial charge in [0, 0.05) is 6.04 Å². The smallest absolute Gasteiger partial charge is 0.0681 e. The van der Waals surface area contributed by atoms with E-state index in [1.807, 2.05) is 24.3 Å². The van der Waals surface area contributed by atoms with Crippen LogP contribution in [-0.4, -0.2) is 11.1 Å². The molecule has 1 aliphatic rings. The van der Waals surface area contributed by atoms with Crippen molar-refractivity contribution in [1.82, 2.24) is 0 Å². The van der Waals surface area contributed by atoms with Crippen LogP contribution in [0.3, 0.4) is 0 Å².